The SMILES string of the molecule is CCCn1cc(C(=O)C2CCCc3sccc32)cn1. The Kier molecular flexibility index (Phi) is 3.51. The second-order valence-electron chi connectivity index (χ2n) is 5.10. The third-order valence-corrected chi connectivity index (χ3v) is 4.74. The van der Waals surface area contributed by atoms with Crippen molar-refractivity contribution >= 4 is 17.1 Å². The number of carbonyl (C=O) groups excluding carboxylic acids is 1. The first-order chi connectivity index (χ1) is 9.29. The Morgan fingerprint density at radius 2 is 2.47 bits per heavy atom. The number of Topliss-reactive ketones (excluding diaryl/α,β-unsaturated/α-hetero) is 1. The van der Waals surface area contributed by atoms with Crippen molar-refractivity contribution in [1.29, 1.82) is 0 Å². The maximum atomic E-state index is 12.6. The predicted molar refractivity (Wildman–Crippen MR) is 76.8 cm³/mol. The molecule has 0 aromatic carbocycles. The van der Waals surface area contributed by atoms with Crippen LogP contribution in [0.5, 0.6) is 0 Å². The Morgan fingerprint density at radius 1 is 1.58 bits per heavy atom. The van der Waals surface area contributed by atoms with Crippen LogP contribution in [0.2, 0.25) is 0 Å². The van der Waals surface area contributed by atoms with Crippen LogP contribution in [0.25, 0.3) is 0 Å². The van der Waals surface area contributed by atoms with Gasteiger partial charge in [-0.15, -0.1) is 11.3 Å². The molecule has 1 aliphatic carbocycles. The van der Waals surface area contributed by atoms with Gasteiger partial charge in [0.05, 0.1) is 11.8 Å². The van der Waals surface area contributed by atoms with E-state index >= 15 is 0 Å². The van der Waals surface area contributed by atoms with Gasteiger partial charge in [-0.05, 0) is 42.7 Å². The first kappa shape index (κ1) is 12.6. The maximum Gasteiger partial charge on any atom is 0.173 e. The zero-order valence-electron chi connectivity index (χ0n) is 11.1. The van der Waals surface area contributed by atoms with E-state index in [0.717, 1.165) is 37.8 Å². The summed E-state index contributed by atoms with van der Waals surface area (Å²) < 4.78 is 1.87. The second kappa shape index (κ2) is 5.29. The average molecular weight is 274 g/mol. The highest BCUT2D eigenvalue weighted by Crippen LogP contribution is 2.36. The minimum Gasteiger partial charge on any atom is -0.293 e. The lowest BCUT2D eigenvalue weighted by atomic mass is 9.83. The summed E-state index contributed by atoms with van der Waals surface area (Å²) in [4.78, 5) is 14.0. The number of aromatic nitrogens is 2. The molecule has 2 heterocycles. The molecule has 0 saturated heterocycles. The summed E-state index contributed by atoms with van der Waals surface area (Å²) in [6, 6.07) is 2.12. The smallest absolute Gasteiger partial charge is 0.173 e. The Morgan fingerprint density at radius 3 is 3.32 bits per heavy atom. The molecule has 3 rings (SSSR count). The third-order valence-electron chi connectivity index (χ3n) is 3.74. The minimum absolute atomic E-state index is 0.0503. The van der Waals surface area contributed by atoms with Crippen LogP contribution in [0.1, 0.15) is 52.9 Å². The van der Waals surface area contributed by atoms with Crippen LogP contribution in [0, 0.1) is 0 Å². The van der Waals surface area contributed by atoms with Crippen LogP contribution >= 0.6 is 11.3 Å². The topological polar surface area (TPSA) is 34.9 Å². The van der Waals surface area contributed by atoms with Gasteiger partial charge in [0.25, 0.3) is 0 Å². The highest BCUT2D eigenvalue weighted by Gasteiger charge is 2.28. The van der Waals surface area contributed by atoms with Crippen molar-refractivity contribution < 1.29 is 4.79 Å². The van der Waals surface area contributed by atoms with Gasteiger partial charge in [0.15, 0.2) is 5.78 Å². The van der Waals surface area contributed by atoms with Gasteiger partial charge in [-0.25, -0.2) is 0 Å². The van der Waals surface area contributed by atoms with Gasteiger partial charge in [0.1, 0.15) is 0 Å². The summed E-state index contributed by atoms with van der Waals surface area (Å²) in [7, 11) is 0. The predicted octanol–water partition coefficient (Wildman–Crippen LogP) is 3.66. The lowest BCUT2D eigenvalue weighted by Gasteiger charge is -2.20. The Bertz CT molecular complexity index is 584. The van der Waals surface area contributed by atoms with Gasteiger partial charge in [0, 0.05) is 23.5 Å². The van der Waals surface area contributed by atoms with E-state index in [1.165, 1.54) is 10.4 Å². The molecular formula is C15H18N2OS. The normalized spacial score (nSPS) is 18.3. The highest BCUT2D eigenvalue weighted by atomic mass is 32.1. The van der Waals surface area contributed by atoms with Gasteiger partial charge >= 0.3 is 0 Å². The molecule has 2 aromatic heterocycles. The van der Waals surface area contributed by atoms with Gasteiger partial charge in [-0.3, -0.25) is 9.48 Å². The molecule has 0 amide bonds. The van der Waals surface area contributed by atoms with Crippen LogP contribution in [-0.2, 0) is 13.0 Å². The zero-order chi connectivity index (χ0) is 13.2. The molecule has 2 aromatic rings. The number of hydrogen-bond acceptors (Lipinski definition) is 3. The van der Waals surface area contributed by atoms with Gasteiger partial charge in [-0.2, -0.15) is 5.10 Å². The second-order valence-corrected chi connectivity index (χ2v) is 6.10. The molecule has 1 aliphatic rings. The standard InChI is InChI=1S/C15H18N2OS/c1-2-7-17-10-11(9-16-17)15(18)13-4-3-5-14-12(13)6-8-19-14/h6,8-10,13H,2-5,7H2,1H3. The fourth-order valence-electron chi connectivity index (χ4n) is 2.80. The number of carbonyl (C=O) groups is 1. The quantitative estimate of drug-likeness (QED) is 0.798. The molecule has 1 unspecified atom stereocenters. The van der Waals surface area contributed by atoms with Crippen molar-refractivity contribution in [3.8, 4) is 0 Å². The molecule has 19 heavy (non-hydrogen) atoms. The molecule has 4 heteroatoms. The van der Waals surface area contributed by atoms with Crippen molar-refractivity contribution in [3.63, 3.8) is 0 Å². The maximum absolute atomic E-state index is 12.6. The van der Waals surface area contributed by atoms with E-state index in [-0.39, 0.29) is 11.7 Å². The molecular weight excluding hydrogens is 256 g/mol. The van der Waals surface area contributed by atoms with Gasteiger partial charge in [0.2, 0.25) is 0 Å². The molecule has 1 atom stereocenters. The monoisotopic (exact) mass is 274 g/mol. The number of rotatable bonds is 4. The van der Waals surface area contributed by atoms with Crippen LogP contribution < -0.4 is 0 Å². The molecule has 0 saturated carbocycles. The van der Waals surface area contributed by atoms with Gasteiger partial charge < -0.3 is 0 Å². The van der Waals surface area contributed by atoms with E-state index in [4.69, 9.17) is 0 Å². The first-order valence-corrected chi connectivity index (χ1v) is 7.80. The number of nitrogens with zero attached hydrogens (tertiary/aromatic N) is 2. The van der Waals surface area contributed by atoms with E-state index in [0.29, 0.717) is 0 Å². The van der Waals surface area contributed by atoms with Crippen molar-refractivity contribution in [2.24, 2.45) is 0 Å². The molecule has 0 bridgehead atoms. The minimum atomic E-state index is 0.0503. The Hall–Kier alpha value is -1.42. The fraction of sp³-hybridized carbons (Fsp3) is 0.467. The molecule has 0 spiro atoms. The molecule has 0 N–H and O–H groups in total. The average Bonchev–Trinajstić information content (AvgIpc) is 3.06. The number of thiophene rings is 1. The summed E-state index contributed by atoms with van der Waals surface area (Å²) in [5.41, 5.74) is 2.02. The van der Waals surface area contributed by atoms with Crippen LogP contribution in [0.4, 0.5) is 0 Å². The lowest BCUT2D eigenvalue weighted by Crippen LogP contribution is -2.17. The van der Waals surface area contributed by atoms with Crippen molar-refractivity contribution in [2.75, 3.05) is 0 Å². The number of ketones is 1. The van der Waals surface area contributed by atoms with E-state index in [9.17, 15) is 4.79 Å². The summed E-state index contributed by atoms with van der Waals surface area (Å²) in [5, 5.41) is 6.37. The largest absolute Gasteiger partial charge is 0.293 e. The Labute approximate surface area is 117 Å². The highest BCUT2D eigenvalue weighted by molar-refractivity contribution is 7.10. The van der Waals surface area contributed by atoms with Crippen molar-refractivity contribution in [2.45, 2.75) is 45.1 Å². The summed E-state index contributed by atoms with van der Waals surface area (Å²) in [5.74, 6) is 0.288. The summed E-state index contributed by atoms with van der Waals surface area (Å²) >= 11 is 1.78. The number of aryl methyl sites for hydroxylation is 2. The van der Waals surface area contributed by atoms with E-state index in [2.05, 4.69) is 23.5 Å². The van der Waals surface area contributed by atoms with Crippen LogP contribution in [-0.4, -0.2) is 15.6 Å². The molecule has 0 fully saturated rings. The number of fused-ring (bicyclic) bond motifs is 1. The van der Waals surface area contributed by atoms with Gasteiger partial charge in [-0.1, -0.05) is 6.92 Å². The number of hydrogen-bond donors (Lipinski definition) is 0. The zero-order valence-corrected chi connectivity index (χ0v) is 11.9. The summed E-state index contributed by atoms with van der Waals surface area (Å²) in [6.07, 6.45) is 7.87. The first-order valence-electron chi connectivity index (χ1n) is 6.92. The van der Waals surface area contributed by atoms with E-state index in [1.54, 1.807) is 17.5 Å². The van der Waals surface area contributed by atoms with Crippen molar-refractivity contribution in [3.05, 3.63) is 39.8 Å². The Balaban J connectivity index is 1.84. The third kappa shape index (κ3) is 2.37. The molecule has 0 aliphatic heterocycles. The molecule has 0 radical (unpaired) electrons. The van der Waals surface area contributed by atoms with Crippen molar-refractivity contribution in [1.82, 2.24) is 9.78 Å². The lowest BCUT2D eigenvalue weighted by molar-refractivity contribution is 0.0951. The van der Waals surface area contributed by atoms with Crippen LogP contribution in [0.3, 0.4) is 0 Å². The fourth-order valence-corrected chi connectivity index (χ4v) is 3.79. The van der Waals surface area contributed by atoms with E-state index in [1.807, 2.05) is 10.9 Å². The molecule has 3 nitrogen and oxygen atoms in total. The summed E-state index contributed by atoms with van der Waals surface area (Å²) in [6.45, 7) is 2.99. The van der Waals surface area contributed by atoms with E-state index < -0.39 is 0 Å². The van der Waals surface area contributed by atoms with Crippen LogP contribution in [0.15, 0.2) is 23.8 Å². The molecule has 100 valence electrons.